The Hall–Kier alpha value is -0.200. The van der Waals surface area contributed by atoms with E-state index in [4.69, 9.17) is 23.2 Å². The van der Waals surface area contributed by atoms with E-state index in [2.05, 4.69) is 25.1 Å². The molecular formula is C13H14Cl2. The topological polar surface area (TPSA) is 0 Å². The van der Waals surface area contributed by atoms with E-state index in [-0.39, 0.29) is 0 Å². The van der Waals surface area contributed by atoms with Gasteiger partial charge in [0.25, 0.3) is 0 Å². The second kappa shape index (κ2) is 2.93. The van der Waals surface area contributed by atoms with Crippen molar-refractivity contribution in [1.82, 2.24) is 0 Å². The Morgan fingerprint density at radius 2 is 1.93 bits per heavy atom. The van der Waals surface area contributed by atoms with E-state index in [1.165, 1.54) is 30.4 Å². The number of hydrogen-bond acceptors (Lipinski definition) is 0. The Balaban J connectivity index is 1.91. The largest absolute Gasteiger partial charge is 0.126 e. The molecule has 0 aliphatic heterocycles. The highest BCUT2D eigenvalue weighted by molar-refractivity contribution is 6.31. The van der Waals surface area contributed by atoms with Gasteiger partial charge in [-0.15, -0.1) is 11.6 Å². The van der Waals surface area contributed by atoms with Crippen LogP contribution in [0.4, 0.5) is 0 Å². The molecule has 1 aromatic carbocycles. The van der Waals surface area contributed by atoms with E-state index in [0.717, 1.165) is 10.9 Å². The molecule has 0 radical (unpaired) electrons. The summed E-state index contributed by atoms with van der Waals surface area (Å²) in [5.74, 6) is 0.818. The monoisotopic (exact) mass is 240 g/mol. The van der Waals surface area contributed by atoms with Gasteiger partial charge in [0.2, 0.25) is 0 Å². The van der Waals surface area contributed by atoms with Crippen molar-refractivity contribution in [3.63, 3.8) is 0 Å². The third kappa shape index (κ3) is 1.21. The van der Waals surface area contributed by atoms with Gasteiger partial charge in [-0.1, -0.05) is 23.7 Å². The molecule has 0 N–H and O–H groups in total. The maximum atomic E-state index is 6.31. The summed E-state index contributed by atoms with van der Waals surface area (Å²) in [5.41, 5.74) is 3.44. The van der Waals surface area contributed by atoms with Gasteiger partial charge in [-0.2, -0.15) is 0 Å². The van der Waals surface area contributed by atoms with E-state index in [0.29, 0.717) is 10.8 Å². The molecule has 3 saturated carbocycles. The van der Waals surface area contributed by atoms with E-state index >= 15 is 0 Å². The van der Waals surface area contributed by atoms with E-state index in [1.807, 2.05) is 0 Å². The van der Waals surface area contributed by atoms with Gasteiger partial charge in [-0.3, -0.25) is 0 Å². The van der Waals surface area contributed by atoms with Crippen LogP contribution in [0.25, 0.3) is 0 Å². The Kier molecular flexibility index (Phi) is 1.95. The van der Waals surface area contributed by atoms with Crippen molar-refractivity contribution in [3.8, 4) is 0 Å². The quantitative estimate of drug-likeness (QED) is 0.677. The van der Waals surface area contributed by atoms with E-state index < -0.39 is 0 Å². The van der Waals surface area contributed by atoms with Crippen molar-refractivity contribution in [1.29, 1.82) is 0 Å². The summed E-state index contributed by atoms with van der Waals surface area (Å²) in [7, 11) is 0. The van der Waals surface area contributed by atoms with Crippen LogP contribution >= 0.6 is 23.2 Å². The molecule has 3 aliphatic carbocycles. The highest BCUT2D eigenvalue weighted by Gasteiger charge is 2.67. The SMILES string of the molecule is Cc1ccc(C23CC(CCl)(C2)C3)c(Cl)c1. The van der Waals surface area contributed by atoms with Gasteiger partial charge in [0.1, 0.15) is 0 Å². The summed E-state index contributed by atoms with van der Waals surface area (Å²) in [6, 6.07) is 6.44. The summed E-state index contributed by atoms with van der Waals surface area (Å²) < 4.78 is 0. The molecule has 2 bridgehead atoms. The molecule has 80 valence electrons. The Labute approximate surface area is 101 Å². The van der Waals surface area contributed by atoms with Crippen LogP contribution in [-0.4, -0.2) is 5.88 Å². The molecule has 0 spiro atoms. The summed E-state index contributed by atoms with van der Waals surface area (Å²) in [6.07, 6.45) is 3.73. The highest BCUT2D eigenvalue weighted by Crippen LogP contribution is 2.74. The summed E-state index contributed by atoms with van der Waals surface area (Å²) in [6.45, 7) is 2.08. The van der Waals surface area contributed by atoms with Crippen LogP contribution < -0.4 is 0 Å². The Bertz CT molecular complexity index is 403. The average molecular weight is 241 g/mol. The van der Waals surface area contributed by atoms with Crippen LogP contribution in [0.2, 0.25) is 5.02 Å². The normalized spacial score (nSPS) is 37.0. The second-order valence-electron chi connectivity index (χ2n) is 5.43. The second-order valence-corrected chi connectivity index (χ2v) is 6.10. The van der Waals surface area contributed by atoms with Gasteiger partial charge >= 0.3 is 0 Å². The molecule has 0 saturated heterocycles. The lowest BCUT2D eigenvalue weighted by atomic mass is 9.34. The molecule has 0 heterocycles. The molecule has 1 aromatic rings. The molecule has 3 fully saturated rings. The van der Waals surface area contributed by atoms with Crippen molar-refractivity contribution >= 4 is 23.2 Å². The Morgan fingerprint density at radius 3 is 2.47 bits per heavy atom. The molecule has 0 atom stereocenters. The van der Waals surface area contributed by atoms with E-state index in [1.54, 1.807) is 0 Å². The van der Waals surface area contributed by atoms with Gasteiger partial charge in [0, 0.05) is 10.9 Å². The highest BCUT2D eigenvalue weighted by atomic mass is 35.5. The zero-order chi connectivity index (χ0) is 10.7. The van der Waals surface area contributed by atoms with Gasteiger partial charge in [-0.05, 0) is 54.2 Å². The van der Waals surface area contributed by atoms with Crippen molar-refractivity contribution in [3.05, 3.63) is 34.3 Å². The van der Waals surface area contributed by atoms with E-state index in [9.17, 15) is 0 Å². The number of benzene rings is 1. The summed E-state index contributed by atoms with van der Waals surface area (Å²) in [5, 5.41) is 0.942. The fraction of sp³-hybridized carbons (Fsp3) is 0.538. The fourth-order valence-corrected chi connectivity index (χ4v) is 4.19. The van der Waals surface area contributed by atoms with Crippen LogP contribution in [0.1, 0.15) is 30.4 Å². The van der Waals surface area contributed by atoms with Crippen LogP contribution in [-0.2, 0) is 5.41 Å². The lowest BCUT2D eigenvalue weighted by Crippen LogP contribution is -2.65. The number of alkyl halides is 1. The molecule has 4 rings (SSSR count). The molecule has 3 aliphatic rings. The fourth-order valence-electron chi connectivity index (χ4n) is 3.48. The van der Waals surface area contributed by atoms with Gasteiger partial charge in [-0.25, -0.2) is 0 Å². The van der Waals surface area contributed by atoms with Gasteiger partial charge in [0.15, 0.2) is 0 Å². The first-order chi connectivity index (χ1) is 7.09. The minimum Gasteiger partial charge on any atom is -0.126 e. The van der Waals surface area contributed by atoms with Crippen LogP contribution in [0.5, 0.6) is 0 Å². The number of aryl methyl sites for hydroxylation is 1. The van der Waals surface area contributed by atoms with Crippen molar-refractivity contribution in [2.24, 2.45) is 5.41 Å². The molecule has 0 amide bonds. The Morgan fingerprint density at radius 1 is 1.27 bits per heavy atom. The first-order valence-corrected chi connectivity index (χ1v) is 6.33. The standard InChI is InChI=1S/C13H14Cl2/c1-9-2-3-10(11(15)4-9)13-5-12(6-13,7-13)8-14/h2-4H,5-8H2,1H3. The predicted molar refractivity (Wildman–Crippen MR) is 64.9 cm³/mol. The molecule has 0 unspecified atom stereocenters. The van der Waals surface area contributed by atoms with Crippen LogP contribution in [0.3, 0.4) is 0 Å². The molecule has 0 nitrogen and oxygen atoms in total. The van der Waals surface area contributed by atoms with Gasteiger partial charge < -0.3 is 0 Å². The molecule has 15 heavy (non-hydrogen) atoms. The summed E-state index contributed by atoms with van der Waals surface area (Å²) >= 11 is 12.3. The number of rotatable bonds is 2. The molecule has 2 heteroatoms. The molecule has 0 aromatic heterocycles. The molecular weight excluding hydrogens is 227 g/mol. The number of halogens is 2. The minimum absolute atomic E-state index is 0.389. The van der Waals surface area contributed by atoms with Gasteiger partial charge in [0.05, 0.1) is 0 Å². The maximum Gasteiger partial charge on any atom is 0.0446 e. The van der Waals surface area contributed by atoms with Crippen molar-refractivity contribution < 1.29 is 0 Å². The zero-order valence-corrected chi connectivity index (χ0v) is 10.3. The first kappa shape index (κ1) is 9.99. The number of hydrogen-bond donors (Lipinski definition) is 0. The maximum absolute atomic E-state index is 6.31. The van der Waals surface area contributed by atoms with Crippen LogP contribution in [0.15, 0.2) is 18.2 Å². The van der Waals surface area contributed by atoms with Crippen molar-refractivity contribution in [2.45, 2.75) is 31.6 Å². The zero-order valence-electron chi connectivity index (χ0n) is 8.82. The smallest absolute Gasteiger partial charge is 0.0446 e. The van der Waals surface area contributed by atoms with Crippen LogP contribution in [0, 0.1) is 12.3 Å². The lowest BCUT2D eigenvalue weighted by molar-refractivity contribution is -0.122. The third-order valence-electron chi connectivity index (χ3n) is 4.12. The lowest BCUT2D eigenvalue weighted by Gasteiger charge is -2.71. The summed E-state index contributed by atoms with van der Waals surface area (Å²) in [4.78, 5) is 0. The minimum atomic E-state index is 0.389. The predicted octanol–water partition coefficient (Wildman–Crippen LogP) is 4.31. The third-order valence-corrected chi connectivity index (χ3v) is 5.00. The van der Waals surface area contributed by atoms with Crippen molar-refractivity contribution in [2.75, 3.05) is 5.88 Å². The average Bonchev–Trinajstić information content (AvgIpc) is 2.04. The first-order valence-electron chi connectivity index (χ1n) is 5.42.